The average Bonchev–Trinajstić information content (AvgIpc) is 2.56. The van der Waals surface area contributed by atoms with Crippen LogP contribution in [-0.2, 0) is 25.1 Å². The van der Waals surface area contributed by atoms with E-state index in [0.29, 0.717) is 6.54 Å². The van der Waals surface area contributed by atoms with Crippen molar-refractivity contribution in [2.75, 3.05) is 45.1 Å². The van der Waals surface area contributed by atoms with Gasteiger partial charge < -0.3 is 15.0 Å². The van der Waals surface area contributed by atoms with Crippen LogP contribution in [0.15, 0.2) is 24.3 Å². The Labute approximate surface area is 141 Å². The summed E-state index contributed by atoms with van der Waals surface area (Å²) in [7, 11) is -3.52. The van der Waals surface area contributed by atoms with Crippen molar-refractivity contribution < 1.29 is 27.2 Å². The third-order valence-corrected chi connectivity index (χ3v) is 5.55. The molecule has 0 aliphatic carbocycles. The number of rotatable bonds is 8. The Morgan fingerprint density at radius 3 is 2.67 bits per heavy atom. The minimum Gasteiger partial charge on any atom is -0.370 e. The van der Waals surface area contributed by atoms with Gasteiger partial charge >= 0.3 is 0 Å². The van der Waals surface area contributed by atoms with Crippen LogP contribution in [-0.4, -0.2) is 59.5 Å². The molecule has 2 rings (SSSR count). The summed E-state index contributed by atoms with van der Waals surface area (Å²) in [4.78, 5) is 13.1. The minimum atomic E-state index is -3.52. The summed E-state index contributed by atoms with van der Waals surface area (Å²) < 4.78 is 42.8. The van der Waals surface area contributed by atoms with E-state index in [4.69, 9.17) is 4.74 Å². The molecule has 0 atom stereocenters. The third-order valence-electron chi connectivity index (χ3n) is 3.97. The fourth-order valence-electron chi connectivity index (χ4n) is 2.55. The molecule has 1 aliphatic heterocycles. The summed E-state index contributed by atoms with van der Waals surface area (Å²) in [6, 6.07) is 5.77. The summed E-state index contributed by atoms with van der Waals surface area (Å²) in [6.07, 6.45) is -0.102. The molecule has 0 bridgehead atoms. The van der Waals surface area contributed by atoms with E-state index in [1.165, 1.54) is 23.1 Å². The number of sulfone groups is 1. The highest BCUT2D eigenvalue weighted by Crippen LogP contribution is 2.11. The highest BCUT2D eigenvalue weighted by Gasteiger charge is 2.17. The lowest BCUT2D eigenvalue weighted by molar-refractivity contribution is -0.906. The van der Waals surface area contributed by atoms with Crippen molar-refractivity contribution in [2.24, 2.45) is 0 Å². The summed E-state index contributed by atoms with van der Waals surface area (Å²) in [6.45, 7) is 4.63. The van der Waals surface area contributed by atoms with Crippen LogP contribution >= 0.6 is 0 Å². The first kappa shape index (κ1) is 18.8. The van der Waals surface area contributed by atoms with Crippen molar-refractivity contribution in [1.29, 1.82) is 0 Å². The summed E-state index contributed by atoms with van der Waals surface area (Å²) in [5, 5.41) is 2.74. The largest absolute Gasteiger partial charge is 0.370 e. The van der Waals surface area contributed by atoms with Gasteiger partial charge in [0.05, 0.1) is 37.8 Å². The molecule has 0 radical (unpaired) electrons. The maximum Gasteiger partial charge on any atom is 0.221 e. The molecule has 24 heavy (non-hydrogen) atoms. The average molecular weight is 359 g/mol. The number of benzene rings is 1. The van der Waals surface area contributed by atoms with Gasteiger partial charge in [0.15, 0.2) is 9.84 Å². The molecule has 134 valence electrons. The second-order valence-corrected chi connectivity index (χ2v) is 8.08. The van der Waals surface area contributed by atoms with Crippen LogP contribution < -0.4 is 10.2 Å². The van der Waals surface area contributed by atoms with E-state index >= 15 is 0 Å². The smallest absolute Gasteiger partial charge is 0.221 e. The van der Waals surface area contributed by atoms with Crippen LogP contribution in [0.1, 0.15) is 12.0 Å². The number of carbonyl (C=O) groups excluding carboxylic acids is 1. The van der Waals surface area contributed by atoms with Gasteiger partial charge in [-0.2, -0.15) is 0 Å². The quantitative estimate of drug-likeness (QED) is 0.635. The van der Waals surface area contributed by atoms with Crippen molar-refractivity contribution >= 4 is 15.7 Å². The second kappa shape index (κ2) is 9.10. The molecule has 1 fully saturated rings. The zero-order valence-electron chi connectivity index (χ0n) is 13.6. The first-order chi connectivity index (χ1) is 11.5. The molecule has 1 amide bonds. The van der Waals surface area contributed by atoms with E-state index in [1.807, 2.05) is 0 Å². The van der Waals surface area contributed by atoms with Crippen molar-refractivity contribution in [1.82, 2.24) is 5.32 Å². The van der Waals surface area contributed by atoms with E-state index < -0.39 is 15.7 Å². The van der Waals surface area contributed by atoms with Gasteiger partial charge in [0, 0.05) is 12.0 Å². The third kappa shape index (κ3) is 6.54. The van der Waals surface area contributed by atoms with Crippen LogP contribution in [0.5, 0.6) is 0 Å². The molecule has 8 heteroatoms. The Balaban J connectivity index is 1.69. The van der Waals surface area contributed by atoms with Gasteiger partial charge in [0.1, 0.15) is 18.9 Å². The molecular formula is C16H24FN2O4S+. The monoisotopic (exact) mass is 359 g/mol. The predicted octanol–water partition coefficient (Wildman–Crippen LogP) is -0.838. The molecule has 0 saturated carbocycles. The Morgan fingerprint density at radius 2 is 1.96 bits per heavy atom. The number of carbonyl (C=O) groups is 1. The molecule has 6 nitrogen and oxygen atoms in total. The van der Waals surface area contributed by atoms with Crippen LogP contribution in [0.2, 0.25) is 0 Å². The lowest BCUT2D eigenvalue weighted by Crippen LogP contribution is -3.14. The number of quaternary nitrogens is 1. The second-order valence-electron chi connectivity index (χ2n) is 5.90. The standard InChI is InChI=1S/C16H23FN2O4S/c17-15-4-2-1-3-14(15)13-24(21,22)12-5-16(20)18-6-7-19-8-10-23-11-9-19/h1-4H,5-13H2,(H,18,20)/p+1. The summed E-state index contributed by atoms with van der Waals surface area (Å²) in [5.41, 5.74) is 0.133. The zero-order chi connectivity index (χ0) is 17.4. The fraction of sp³-hybridized carbons (Fsp3) is 0.562. The van der Waals surface area contributed by atoms with Gasteiger partial charge in [0.2, 0.25) is 5.91 Å². The zero-order valence-corrected chi connectivity index (χ0v) is 14.4. The lowest BCUT2D eigenvalue weighted by Gasteiger charge is -2.23. The van der Waals surface area contributed by atoms with Crippen molar-refractivity contribution in [2.45, 2.75) is 12.2 Å². The number of halogens is 1. The van der Waals surface area contributed by atoms with E-state index in [0.717, 1.165) is 32.8 Å². The summed E-state index contributed by atoms with van der Waals surface area (Å²) in [5.74, 6) is -1.50. The molecule has 0 aromatic heterocycles. The molecular weight excluding hydrogens is 335 g/mol. The molecule has 0 spiro atoms. The highest BCUT2D eigenvalue weighted by atomic mass is 32.2. The van der Waals surface area contributed by atoms with E-state index in [9.17, 15) is 17.6 Å². The Bertz CT molecular complexity index is 645. The van der Waals surface area contributed by atoms with Gasteiger partial charge in [-0.3, -0.25) is 4.79 Å². The molecule has 1 aromatic rings. The van der Waals surface area contributed by atoms with Crippen molar-refractivity contribution in [3.05, 3.63) is 35.6 Å². The topological polar surface area (TPSA) is 76.9 Å². The SMILES string of the molecule is O=C(CCS(=O)(=O)Cc1ccccc1F)NCC[NH+]1CCOCC1. The number of nitrogens with one attached hydrogen (secondary N) is 2. The number of hydrogen-bond acceptors (Lipinski definition) is 4. The molecule has 1 saturated heterocycles. The van der Waals surface area contributed by atoms with Crippen molar-refractivity contribution in [3.63, 3.8) is 0 Å². The van der Waals surface area contributed by atoms with Gasteiger partial charge in [-0.1, -0.05) is 18.2 Å². The molecule has 1 aliphatic rings. The van der Waals surface area contributed by atoms with E-state index in [-0.39, 0.29) is 29.4 Å². The van der Waals surface area contributed by atoms with E-state index in [1.54, 1.807) is 6.07 Å². The maximum absolute atomic E-state index is 13.5. The number of morpholine rings is 1. The van der Waals surface area contributed by atoms with Crippen molar-refractivity contribution in [3.8, 4) is 0 Å². The van der Waals surface area contributed by atoms with Crippen LogP contribution in [0, 0.1) is 5.82 Å². The Kier molecular flexibility index (Phi) is 7.14. The number of amides is 1. The lowest BCUT2D eigenvalue weighted by atomic mass is 10.2. The van der Waals surface area contributed by atoms with Crippen LogP contribution in [0.3, 0.4) is 0 Å². The normalized spacial score (nSPS) is 16.0. The van der Waals surface area contributed by atoms with Crippen LogP contribution in [0.4, 0.5) is 4.39 Å². The Hall–Kier alpha value is -1.51. The molecule has 1 heterocycles. The molecule has 0 unspecified atom stereocenters. The van der Waals surface area contributed by atoms with Gasteiger partial charge in [-0.15, -0.1) is 0 Å². The Morgan fingerprint density at radius 1 is 1.25 bits per heavy atom. The van der Waals surface area contributed by atoms with Gasteiger partial charge in [-0.05, 0) is 6.07 Å². The summed E-state index contributed by atoms with van der Waals surface area (Å²) >= 11 is 0. The number of ether oxygens (including phenoxy) is 1. The van der Waals surface area contributed by atoms with E-state index in [2.05, 4.69) is 5.32 Å². The van der Waals surface area contributed by atoms with Crippen LogP contribution in [0.25, 0.3) is 0 Å². The predicted molar refractivity (Wildman–Crippen MR) is 87.9 cm³/mol. The molecule has 1 aromatic carbocycles. The highest BCUT2D eigenvalue weighted by molar-refractivity contribution is 7.90. The number of hydrogen-bond donors (Lipinski definition) is 2. The van der Waals surface area contributed by atoms with Gasteiger partial charge in [-0.25, -0.2) is 12.8 Å². The molecule has 2 N–H and O–H groups in total. The minimum absolute atomic E-state index is 0.102. The first-order valence-corrected chi connectivity index (χ1v) is 9.90. The fourth-order valence-corrected chi connectivity index (χ4v) is 3.90. The maximum atomic E-state index is 13.5. The van der Waals surface area contributed by atoms with Gasteiger partial charge in [0.25, 0.3) is 0 Å². The first-order valence-electron chi connectivity index (χ1n) is 8.08.